The summed E-state index contributed by atoms with van der Waals surface area (Å²) in [6.45, 7) is 7.09. The summed E-state index contributed by atoms with van der Waals surface area (Å²) >= 11 is 1.43. The Morgan fingerprint density at radius 1 is 0.967 bits per heavy atom. The third-order valence-electron chi connectivity index (χ3n) is 13.0. The van der Waals surface area contributed by atoms with E-state index in [0.29, 0.717) is 58.1 Å². The molecule has 0 saturated carbocycles. The van der Waals surface area contributed by atoms with Crippen LogP contribution in [-0.4, -0.2) is 78.3 Å². The van der Waals surface area contributed by atoms with Gasteiger partial charge in [0.25, 0.3) is 0 Å². The predicted octanol–water partition coefficient (Wildman–Crippen LogP) is 7.86. The highest BCUT2D eigenvalue weighted by molar-refractivity contribution is 7.99. The minimum Gasteiger partial charge on any atom is -0.504 e. The minimum atomic E-state index is -0.946. The number of nitriles is 1. The number of hydrogen-bond donors (Lipinski definition) is 3. The van der Waals surface area contributed by atoms with Crippen molar-refractivity contribution >= 4 is 29.6 Å². The average Bonchev–Trinajstić information content (AvgIpc) is 3.72. The van der Waals surface area contributed by atoms with Crippen LogP contribution in [-0.2, 0) is 25.5 Å². The number of aryl methyl sites for hydroxylation is 1. The summed E-state index contributed by atoms with van der Waals surface area (Å²) in [4.78, 5) is 42.3. The molecule has 2 fully saturated rings. The van der Waals surface area contributed by atoms with Crippen LogP contribution in [0.4, 0.5) is 0 Å². The Bertz CT molecular complexity index is 1970. The Balaban J connectivity index is 1.14. The van der Waals surface area contributed by atoms with Gasteiger partial charge in [0.1, 0.15) is 24.4 Å². The van der Waals surface area contributed by atoms with Crippen LogP contribution in [0.2, 0.25) is 0 Å². The van der Waals surface area contributed by atoms with E-state index in [9.17, 15) is 24.8 Å². The van der Waals surface area contributed by atoms with Crippen molar-refractivity contribution in [3.8, 4) is 34.8 Å². The van der Waals surface area contributed by atoms with Crippen LogP contribution in [0, 0.1) is 25.2 Å². The molecule has 14 heteroatoms. The summed E-state index contributed by atoms with van der Waals surface area (Å²) in [6, 6.07) is 0.866. The summed E-state index contributed by atoms with van der Waals surface area (Å²) in [6.07, 6.45) is 16.5. The molecule has 0 aromatic heterocycles. The van der Waals surface area contributed by atoms with E-state index in [-0.39, 0.29) is 36.9 Å². The summed E-state index contributed by atoms with van der Waals surface area (Å²) in [5.74, 6) is 0.500. The number of piperazine rings is 1. The van der Waals surface area contributed by atoms with Crippen molar-refractivity contribution in [2.45, 2.75) is 166 Å². The first kappa shape index (κ1) is 43.9. The monoisotopic (exact) mass is 846 g/mol. The van der Waals surface area contributed by atoms with E-state index in [0.717, 1.165) is 30.4 Å². The molecule has 3 N–H and O–H groups in total. The number of rotatable bonds is 17. The first-order chi connectivity index (χ1) is 29.1. The smallest absolute Gasteiger partial charge is 0.329 e. The zero-order chi connectivity index (χ0) is 42.5. The molecule has 6 aliphatic rings. The lowest BCUT2D eigenvalue weighted by Crippen LogP contribution is -2.69. The number of carbonyl (C=O) groups is 3. The van der Waals surface area contributed by atoms with Crippen LogP contribution >= 0.6 is 11.8 Å². The molecule has 13 nitrogen and oxygen atoms in total. The van der Waals surface area contributed by atoms with Crippen LogP contribution < -0.4 is 29.6 Å². The molecular formula is C46H62N4O9S. The molecule has 1 amide bonds. The van der Waals surface area contributed by atoms with Gasteiger partial charge in [-0.25, -0.2) is 4.79 Å². The van der Waals surface area contributed by atoms with Crippen molar-refractivity contribution < 1.29 is 43.2 Å². The first-order valence-electron chi connectivity index (χ1n) is 22.1. The fourth-order valence-electron chi connectivity index (χ4n) is 10.2. The highest BCUT2D eigenvalue weighted by atomic mass is 32.2. The number of amides is 1. The topological polar surface area (TPSA) is 169 Å². The van der Waals surface area contributed by atoms with Crippen molar-refractivity contribution in [2.24, 2.45) is 0 Å². The maximum atomic E-state index is 13.9. The van der Waals surface area contributed by atoms with Gasteiger partial charge in [0.15, 0.2) is 23.0 Å². The number of phenolic OH excluding ortho intramolecular Hbond substituents is 1. The molecule has 2 aromatic rings. The third kappa shape index (κ3) is 8.77. The number of hydrogen-bond acceptors (Lipinski definition) is 13. The maximum Gasteiger partial charge on any atom is 0.329 e. The number of esters is 2. The van der Waals surface area contributed by atoms with Crippen molar-refractivity contribution in [1.29, 1.82) is 5.26 Å². The summed E-state index contributed by atoms with van der Waals surface area (Å²) in [5, 5.41) is 29.0. The quantitative estimate of drug-likeness (QED) is 0.0801. The van der Waals surface area contributed by atoms with Crippen LogP contribution in [0.3, 0.4) is 0 Å². The number of methoxy groups -OCH3 is 1. The van der Waals surface area contributed by atoms with Crippen LogP contribution in [0.1, 0.15) is 154 Å². The van der Waals surface area contributed by atoms with Gasteiger partial charge in [-0.2, -0.15) is 5.26 Å². The summed E-state index contributed by atoms with van der Waals surface area (Å²) < 4.78 is 30.0. The van der Waals surface area contributed by atoms with E-state index < -0.39 is 47.4 Å². The van der Waals surface area contributed by atoms with Gasteiger partial charge in [0.2, 0.25) is 12.7 Å². The number of unbranched alkanes of at least 4 members (excludes halogenated alkanes) is 12. The van der Waals surface area contributed by atoms with Gasteiger partial charge in [-0.05, 0) is 37.8 Å². The number of aromatic hydroxyl groups is 1. The lowest BCUT2D eigenvalue weighted by Gasteiger charge is -2.59. The SMILES string of the molecule is CCCCCCCCCCCCCCCC(=O)NC1CS[C@@H]2c3c(OC(C)=O)c(C)c4c(c3[C@@H](COC1=O)N1C2[C@H]2N[C@@H](Cc3cc(C)c(OC)c(O)c32)[C@@H]1C#N)OCO4. The van der Waals surface area contributed by atoms with Crippen LogP contribution in [0.5, 0.6) is 28.7 Å². The van der Waals surface area contributed by atoms with Crippen molar-refractivity contribution in [3.63, 3.8) is 0 Å². The molecular weight excluding hydrogens is 785 g/mol. The number of fused-ring (bicyclic) bond motifs is 10. The second kappa shape index (κ2) is 19.7. The molecule has 2 saturated heterocycles. The molecule has 7 atom stereocenters. The zero-order valence-corrected chi connectivity index (χ0v) is 36.7. The van der Waals surface area contributed by atoms with Gasteiger partial charge in [-0.15, -0.1) is 11.8 Å². The van der Waals surface area contributed by atoms with Gasteiger partial charge in [0.05, 0.1) is 30.5 Å². The van der Waals surface area contributed by atoms with Crippen LogP contribution in [0.15, 0.2) is 6.07 Å². The summed E-state index contributed by atoms with van der Waals surface area (Å²) in [7, 11) is 1.53. The molecule has 0 aliphatic carbocycles. The molecule has 2 unspecified atom stereocenters. The van der Waals surface area contributed by atoms with Gasteiger partial charge in [0, 0.05) is 53.4 Å². The fraction of sp³-hybridized carbons (Fsp3) is 0.652. The van der Waals surface area contributed by atoms with E-state index >= 15 is 0 Å². The van der Waals surface area contributed by atoms with E-state index in [1.807, 2.05) is 19.9 Å². The number of nitrogens with one attached hydrogen (secondary N) is 2. The second-order valence-corrected chi connectivity index (χ2v) is 18.2. The molecule has 0 spiro atoms. The molecule has 6 aliphatic heterocycles. The lowest BCUT2D eigenvalue weighted by molar-refractivity contribution is -0.151. The molecule has 0 radical (unpaired) electrons. The predicted molar refractivity (Wildman–Crippen MR) is 228 cm³/mol. The Morgan fingerprint density at radius 3 is 2.28 bits per heavy atom. The van der Waals surface area contributed by atoms with Crippen molar-refractivity contribution in [3.05, 3.63) is 39.4 Å². The Morgan fingerprint density at radius 2 is 1.63 bits per heavy atom. The fourth-order valence-corrected chi connectivity index (χ4v) is 11.8. The second-order valence-electron chi connectivity index (χ2n) is 17.1. The van der Waals surface area contributed by atoms with Gasteiger partial charge >= 0.3 is 11.9 Å². The number of thioether (sulfide) groups is 1. The van der Waals surface area contributed by atoms with Crippen molar-refractivity contribution in [1.82, 2.24) is 15.5 Å². The molecule has 326 valence electrons. The number of nitrogens with zero attached hydrogens (tertiary/aromatic N) is 2. The van der Waals surface area contributed by atoms with E-state index in [2.05, 4.69) is 28.5 Å². The van der Waals surface area contributed by atoms with Gasteiger partial charge < -0.3 is 39.4 Å². The highest BCUT2D eigenvalue weighted by Crippen LogP contribution is 2.62. The molecule has 8 rings (SSSR count). The Labute approximate surface area is 358 Å². The molecule has 2 aromatic carbocycles. The van der Waals surface area contributed by atoms with E-state index in [1.165, 1.54) is 90.0 Å². The zero-order valence-electron chi connectivity index (χ0n) is 35.9. The van der Waals surface area contributed by atoms with Gasteiger partial charge in [-0.1, -0.05) is 90.0 Å². The highest BCUT2D eigenvalue weighted by Gasteiger charge is 2.59. The number of benzene rings is 2. The Hall–Kier alpha value is -4.19. The molecule has 60 heavy (non-hydrogen) atoms. The number of ether oxygens (including phenoxy) is 5. The third-order valence-corrected chi connectivity index (χ3v) is 14.4. The van der Waals surface area contributed by atoms with Crippen molar-refractivity contribution in [2.75, 3.05) is 26.3 Å². The standard InChI is InChI=1S/C46H62N4O9S/c1-6-7-8-9-10-11-12-13-14-15-16-17-18-19-34(52)48-31-24-60-45-37-36(44-43(57-25-58-44)27(3)42(37)59-28(4)51)33(23-56-46(31)54)50-32(22-47)30-21-29-20-26(2)41(55-5)40(53)35(29)38(49-30)39(45)50/h20,30-33,38-39,45,49,53H,6-19,21,23-25H2,1-5H3,(H,48,52)/t30-,31?,32-,33+,38-,39?,45+/m0/s1. The maximum absolute atomic E-state index is 13.9. The first-order valence-corrected chi connectivity index (χ1v) is 23.2. The number of phenols is 1. The molecule has 6 heterocycles. The normalized spacial score (nSPS) is 25.0. The average molecular weight is 847 g/mol. The lowest BCUT2D eigenvalue weighted by atomic mass is 9.72. The van der Waals surface area contributed by atoms with Gasteiger partial charge in [-0.3, -0.25) is 14.5 Å². The summed E-state index contributed by atoms with van der Waals surface area (Å²) in [5.41, 5.74) is 4.30. The van der Waals surface area contributed by atoms with Crippen LogP contribution in [0.25, 0.3) is 0 Å². The van der Waals surface area contributed by atoms with E-state index in [4.69, 9.17) is 23.7 Å². The molecule has 4 bridgehead atoms. The van der Waals surface area contributed by atoms with E-state index in [1.54, 1.807) is 0 Å². The minimum absolute atomic E-state index is 0.0313. The number of carbonyl (C=O) groups excluding carboxylic acids is 3. The Kier molecular flexibility index (Phi) is 14.4. The largest absolute Gasteiger partial charge is 0.504 e.